The van der Waals surface area contributed by atoms with Crippen molar-refractivity contribution in [1.29, 1.82) is 0 Å². The largest absolute Gasteiger partial charge is 0.478 e. The highest BCUT2D eigenvalue weighted by atomic mass is 32.2. The molecule has 1 aromatic rings. The molecule has 0 saturated heterocycles. The van der Waals surface area contributed by atoms with E-state index < -0.39 is 16.1 Å². The van der Waals surface area contributed by atoms with Crippen LogP contribution in [0.25, 0.3) is 0 Å². The van der Waals surface area contributed by atoms with Crippen molar-refractivity contribution in [3.63, 3.8) is 0 Å². The topological polar surface area (TPSA) is 104 Å². The van der Waals surface area contributed by atoms with E-state index >= 15 is 0 Å². The van der Waals surface area contributed by atoms with Crippen LogP contribution in [0.1, 0.15) is 10.4 Å². The predicted molar refractivity (Wildman–Crippen MR) is 62.6 cm³/mol. The van der Waals surface area contributed by atoms with Crippen molar-refractivity contribution in [2.75, 3.05) is 11.9 Å². The molecule has 0 unspecified atom stereocenters. The van der Waals surface area contributed by atoms with Crippen molar-refractivity contribution < 1.29 is 22.9 Å². The van der Waals surface area contributed by atoms with Crippen LogP contribution in [0, 0.1) is 0 Å². The third-order valence-corrected chi connectivity index (χ3v) is 2.36. The van der Waals surface area contributed by atoms with E-state index in [1.807, 2.05) is 0 Å². The van der Waals surface area contributed by atoms with Crippen LogP contribution in [-0.2, 0) is 10.1 Å². The van der Waals surface area contributed by atoms with Crippen LogP contribution in [0.5, 0.6) is 0 Å². The highest BCUT2D eigenvalue weighted by Crippen LogP contribution is 2.09. The molecule has 17 heavy (non-hydrogen) atoms. The first-order valence-corrected chi connectivity index (χ1v) is 6.10. The van der Waals surface area contributed by atoms with Crippen LogP contribution in [0.4, 0.5) is 5.69 Å². The van der Waals surface area contributed by atoms with Crippen LogP contribution >= 0.6 is 0 Å². The normalized spacial score (nSPS) is 11.6. The zero-order valence-corrected chi connectivity index (χ0v) is 9.52. The van der Waals surface area contributed by atoms with Crippen LogP contribution in [0.3, 0.4) is 0 Å². The number of anilines is 1. The van der Waals surface area contributed by atoms with E-state index in [4.69, 9.17) is 9.66 Å². The Labute approximate surface area is 98.3 Å². The summed E-state index contributed by atoms with van der Waals surface area (Å²) in [5.74, 6) is -1.01. The SMILES string of the molecule is O=C(O)c1ccc(NCC=CS(=O)(=O)O)cc1. The summed E-state index contributed by atoms with van der Waals surface area (Å²) in [6.07, 6.45) is 1.24. The van der Waals surface area contributed by atoms with Crippen LogP contribution in [0.2, 0.25) is 0 Å². The Bertz CT molecular complexity index is 518. The van der Waals surface area contributed by atoms with Gasteiger partial charge in [-0.05, 0) is 24.3 Å². The average molecular weight is 257 g/mol. The minimum absolute atomic E-state index is 0.170. The summed E-state index contributed by atoms with van der Waals surface area (Å²) in [6, 6.07) is 5.98. The Kier molecular flexibility index (Phi) is 4.24. The second-order valence-electron chi connectivity index (χ2n) is 3.15. The zero-order valence-electron chi connectivity index (χ0n) is 8.70. The lowest BCUT2D eigenvalue weighted by Gasteiger charge is -2.02. The second-order valence-corrected chi connectivity index (χ2v) is 4.45. The lowest BCUT2D eigenvalue weighted by molar-refractivity contribution is 0.0697. The van der Waals surface area contributed by atoms with Gasteiger partial charge in [0.1, 0.15) is 0 Å². The lowest BCUT2D eigenvalue weighted by Crippen LogP contribution is -2.01. The van der Waals surface area contributed by atoms with Crippen LogP contribution in [-0.4, -0.2) is 30.6 Å². The lowest BCUT2D eigenvalue weighted by atomic mass is 10.2. The van der Waals surface area contributed by atoms with E-state index in [0.717, 1.165) is 0 Å². The molecule has 0 bridgehead atoms. The average Bonchev–Trinajstić information content (AvgIpc) is 2.24. The molecule has 0 aromatic heterocycles. The maximum atomic E-state index is 10.6. The first kappa shape index (κ1) is 13.2. The summed E-state index contributed by atoms with van der Waals surface area (Å²) in [6.45, 7) is 0.201. The Morgan fingerprint density at radius 1 is 1.29 bits per heavy atom. The fraction of sp³-hybridized carbons (Fsp3) is 0.100. The molecule has 1 aromatic carbocycles. The molecule has 0 fully saturated rings. The maximum Gasteiger partial charge on any atom is 0.335 e. The Morgan fingerprint density at radius 2 is 1.88 bits per heavy atom. The summed E-state index contributed by atoms with van der Waals surface area (Å²) in [5, 5.41) is 12.2. The van der Waals surface area contributed by atoms with Crippen LogP contribution in [0.15, 0.2) is 35.7 Å². The second kappa shape index (κ2) is 5.46. The van der Waals surface area contributed by atoms with Gasteiger partial charge in [0, 0.05) is 12.2 Å². The Balaban J connectivity index is 2.54. The smallest absolute Gasteiger partial charge is 0.335 e. The molecule has 1 rings (SSSR count). The minimum Gasteiger partial charge on any atom is -0.478 e. The van der Waals surface area contributed by atoms with Crippen molar-refractivity contribution in [1.82, 2.24) is 0 Å². The first-order valence-electron chi connectivity index (χ1n) is 4.60. The van der Waals surface area contributed by atoms with Gasteiger partial charge in [0.2, 0.25) is 0 Å². The monoisotopic (exact) mass is 257 g/mol. The molecule has 92 valence electrons. The molecule has 0 radical (unpaired) electrons. The summed E-state index contributed by atoms with van der Waals surface area (Å²) >= 11 is 0. The van der Waals surface area contributed by atoms with E-state index in [2.05, 4.69) is 5.32 Å². The van der Waals surface area contributed by atoms with Gasteiger partial charge >= 0.3 is 5.97 Å². The van der Waals surface area contributed by atoms with Crippen molar-refractivity contribution in [3.8, 4) is 0 Å². The maximum absolute atomic E-state index is 10.6. The van der Waals surface area contributed by atoms with E-state index in [1.54, 1.807) is 12.1 Å². The number of nitrogens with one attached hydrogen (secondary N) is 1. The molecule has 0 aliphatic carbocycles. The number of carbonyl (C=O) groups is 1. The summed E-state index contributed by atoms with van der Waals surface area (Å²) in [7, 11) is -4.09. The van der Waals surface area contributed by atoms with Crippen molar-refractivity contribution in [3.05, 3.63) is 41.3 Å². The predicted octanol–water partition coefficient (Wildman–Crippen LogP) is 1.20. The molecular weight excluding hydrogens is 246 g/mol. The first-order chi connectivity index (χ1) is 7.88. The van der Waals surface area contributed by atoms with E-state index in [1.165, 1.54) is 18.2 Å². The van der Waals surface area contributed by atoms with Gasteiger partial charge in [-0.15, -0.1) is 0 Å². The van der Waals surface area contributed by atoms with Gasteiger partial charge in [0.05, 0.1) is 11.0 Å². The fourth-order valence-corrected chi connectivity index (χ4v) is 1.42. The fourth-order valence-electron chi connectivity index (χ4n) is 1.08. The standard InChI is InChI=1S/C10H11NO5S/c12-10(13)8-2-4-9(5-3-8)11-6-1-7-17(14,15)16/h1-5,7,11H,6H2,(H,12,13)(H,14,15,16). The molecule has 0 spiro atoms. The molecule has 7 heteroatoms. The summed E-state index contributed by atoms with van der Waals surface area (Å²) < 4.78 is 29.1. The molecule has 0 saturated carbocycles. The molecular formula is C10H11NO5S. The van der Waals surface area contributed by atoms with E-state index in [9.17, 15) is 13.2 Å². The number of benzene rings is 1. The third-order valence-electron chi connectivity index (χ3n) is 1.82. The van der Waals surface area contributed by atoms with Gasteiger partial charge in [-0.25, -0.2) is 4.79 Å². The van der Waals surface area contributed by atoms with Gasteiger partial charge in [-0.2, -0.15) is 8.42 Å². The highest BCUT2D eigenvalue weighted by Gasteiger charge is 2.00. The third kappa shape index (κ3) is 5.14. The number of hydrogen-bond acceptors (Lipinski definition) is 4. The number of aromatic carboxylic acids is 1. The van der Waals surface area contributed by atoms with Crippen LogP contribution < -0.4 is 5.32 Å². The van der Waals surface area contributed by atoms with Crippen molar-refractivity contribution in [2.45, 2.75) is 0 Å². The minimum atomic E-state index is -4.09. The van der Waals surface area contributed by atoms with Gasteiger partial charge in [-0.3, -0.25) is 4.55 Å². The number of hydrogen-bond donors (Lipinski definition) is 3. The Hall–Kier alpha value is -1.86. The van der Waals surface area contributed by atoms with Crippen molar-refractivity contribution >= 4 is 21.8 Å². The number of carboxylic acids is 1. The summed E-state index contributed by atoms with van der Waals surface area (Å²) in [5.41, 5.74) is 0.819. The molecule has 0 aliphatic heterocycles. The van der Waals surface area contributed by atoms with Gasteiger partial charge < -0.3 is 10.4 Å². The van der Waals surface area contributed by atoms with Gasteiger partial charge in [-0.1, -0.05) is 6.08 Å². The van der Waals surface area contributed by atoms with Gasteiger partial charge in [0.25, 0.3) is 10.1 Å². The quantitative estimate of drug-likeness (QED) is 0.685. The number of rotatable bonds is 5. The molecule has 0 amide bonds. The number of carboxylic acid groups (broad SMARTS) is 1. The van der Waals surface area contributed by atoms with E-state index in [0.29, 0.717) is 11.1 Å². The molecule has 0 heterocycles. The molecule has 0 aliphatic rings. The highest BCUT2D eigenvalue weighted by molar-refractivity contribution is 7.88. The molecule has 6 nitrogen and oxygen atoms in total. The zero-order chi connectivity index (χ0) is 12.9. The summed E-state index contributed by atoms with van der Waals surface area (Å²) in [4.78, 5) is 10.6. The Morgan fingerprint density at radius 3 is 2.35 bits per heavy atom. The molecule has 3 N–H and O–H groups in total. The van der Waals surface area contributed by atoms with Crippen molar-refractivity contribution in [2.24, 2.45) is 0 Å². The molecule has 0 atom stereocenters. The van der Waals surface area contributed by atoms with Gasteiger partial charge in [0.15, 0.2) is 0 Å². The van der Waals surface area contributed by atoms with E-state index in [-0.39, 0.29) is 12.1 Å².